The Bertz CT molecular complexity index is 1810. The topological polar surface area (TPSA) is 103 Å². The van der Waals surface area contributed by atoms with E-state index in [9.17, 15) is 13.6 Å². The van der Waals surface area contributed by atoms with Gasteiger partial charge in [0, 0.05) is 41.1 Å². The third-order valence-electron chi connectivity index (χ3n) is 8.26. The number of nitrogens with zero attached hydrogens (tertiary/aromatic N) is 5. The first-order valence-corrected chi connectivity index (χ1v) is 14.6. The van der Waals surface area contributed by atoms with Crippen LogP contribution in [0.25, 0.3) is 22.2 Å². The Morgan fingerprint density at radius 1 is 1.05 bits per heavy atom. The first kappa shape index (κ1) is 25.8. The molecule has 11 heteroatoms. The number of aromatic nitrogens is 4. The molecule has 1 amide bonds. The van der Waals surface area contributed by atoms with Gasteiger partial charge in [0.1, 0.15) is 11.6 Å². The van der Waals surface area contributed by atoms with Crippen LogP contribution in [-0.2, 0) is 17.6 Å². The first-order valence-electron chi connectivity index (χ1n) is 13.7. The van der Waals surface area contributed by atoms with Crippen LogP contribution in [0.15, 0.2) is 40.9 Å². The van der Waals surface area contributed by atoms with Crippen LogP contribution >= 0.6 is 11.3 Å². The number of thiazole rings is 1. The van der Waals surface area contributed by atoms with Gasteiger partial charge < -0.3 is 19.7 Å². The van der Waals surface area contributed by atoms with Crippen molar-refractivity contribution in [2.75, 3.05) is 10.6 Å². The SMILES string of the molecule is Cc1noc(C)c1-c1ccc2c(c1)nc(C1CCCC(=O)N1c1ccc(F)c(F)c1)n2C1CCc2nc(N)sc2C1. The minimum absolute atomic E-state index is 0.0658. The number of carbonyl (C=O) groups is 1. The van der Waals surface area contributed by atoms with Crippen molar-refractivity contribution >= 4 is 39.1 Å². The number of hydrogen-bond acceptors (Lipinski definition) is 7. The highest BCUT2D eigenvalue weighted by molar-refractivity contribution is 7.15. The molecule has 1 aliphatic carbocycles. The molecule has 0 spiro atoms. The molecule has 1 aliphatic heterocycles. The summed E-state index contributed by atoms with van der Waals surface area (Å²) in [7, 11) is 0. The fraction of sp³-hybridized carbons (Fsp3) is 0.333. The number of aryl methyl sites for hydroxylation is 3. The number of amides is 1. The second-order valence-electron chi connectivity index (χ2n) is 10.8. The smallest absolute Gasteiger partial charge is 0.227 e. The van der Waals surface area contributed by atoms with Gasteiger partial charge in [-0.25, -0.2) is 18.7 Å². The van der Waals surface area contributed by atoms with Crippen LogP contribution in [0.1, 0.15) is 65.6 Å². The van der Waals surface area contributed by atoms with Crippen LogP contribution in [0.3, 0.4) is 0 Å². The number of rotatable bonds is 4. The predicted molar refractivity (Wildman–Crippen MR) is 153 cm³/mol. The summed E-state index contributed by atoms with van der Waals surface area (Å²) in [5.74, 6) is -0.606. The zero-order chi connectivity index (χ0) is 28.4. The van der Waals surface area contributed by atoms with Gasteiger partial charge in [0.05, 0.1) is 28.5 Å². The molecule has 5 aromatic rings. The summed E-state index contributed by atoms with van der Waals surface area (Å²) >= 11 is 1.52. The molecular weight excluding hydrogens is 546 g/mol. The van der Waals surface area contributed by atoms with Gasteiger partial charge in [-0.05, 0) is 69.4 Å². The van der Waals surface area contributed by atoms with Crippen molar-refractivity contribution in [2.45, 2.75) is 64.5 Å². The lowest BCUT2D eigenvalue weighted by Gasteiger charge is -2.37. The normalized spacial score (nSPS) is 19.2. The Morgan fingerprint density at radius 2 is 1.90 bits per heavy atom. The van der Waals surface area contributed by atoms with Crippen LogP contribution in [-0.4, -0.2) is 25.6 Å². The van der Waals surface area contributed by atoms with Crippen molar-refractivity contribution in [1.29, 1.82) is 0 Å². The van der Waals surface area contributed by atoms with Crippen molar-refractivity contribution in [1.82, 2.24) is 19.7 Å². The van der Waals surface area contributed by atoms with E-state index in [4.69, 9.17) is 15.2 Å². The number of hydrogen-bond donors (Lipinski definition) is 1. The molecule has 2 atom stereocenters. The van der Waals surface area contributed by atoms with Gasteiger partial charge in [-0.2, -0.15) is 0 Å². The third kappa shape index (κ3) is 4.30. The maximum Gasteiger partial charge on any atom is 0.227 e. The number of carbonyl (C=O) groups excluding carboxylic acids is 1. The molecule has 0 radical (unpaired) electrons. The Labute approximate surface area is 238 Å². The minimum Gasteiger partial charge on any atom is -0.375 e. The number of anilines is 2. The largest absolute Gasteiger partial charge is 0.375 e. The van der Waals surface area contributed by atoms with E-state index in [2.05, 4.69) is 26.8 Å². The lowest BCUT2D eigenvalue weighted by atomic mass is 9.95. The Morgan fingerprint density at radius 3 is 2.68 bits per heavy atom. The van der Waals surface area contributed by atoms with E-state index in [1.807, 2.05) is 19.9 Å². The van der Waals surface area contributed by atoms with Gasteiger partial charge in [-0.1, -0.05) is 11.2 Å². The van der Waals surface area contributed by atoms with Crippen molar-refractivity contribution in [3.8, 4) is 11.1 Å². The summed E-state index contributed by atoms with van der Waals surface area (Å²) < 4.78 is 35.9. The number of nitrogens with two attached hydrogens (primary N) is 1. The molecule has 1 fully saturated rings. The third-order valence-corrected chi connectivity index (χ3v) is 9.21. The summed E-state index contributed by atoms with van der Waals surface area (Å²) in [4.78, 5) is 25.8. The maximum absolute atomic E-state index is 14.4. The fourth-order valence-electron chi connectivity index (χ4n) is 6.46. The maximum atomic E-state index is 14.4. The molecule has 3 aromatic heterocycles. The van der Waals surface area contributed by atoms with E-state index in [0.29, 0.717) is 30.1 Å². The Kier molecular flexibility index (Phi) is 6.15. The number of nitrogen functional groups attached to an aromatic ring is 1. The molecule has 41 heavy (non-hydrogen) atoms. The van der Waals surface area contributed by atoms with E-state index < -0.39 is 17.7 Å². The van der Waals surface area contributed by atoms with E-state index in [0.717, 1.165) is 81.4 Å². The summed E-state index contributed by atoms with van der Waals surface area (Å²) in [5, 5.41) is 4.68. The second-order valence-corrected chi connectivity index (χ2v) is 11.9. The zero-order valence-electron chi connectivity index (χ0n) is 22.7. The van der Waals surface area contributed by atoms with Gasteiger partial charge in [0.25, 0.3) is 0 Å². The molecule has 0 saturated carbocycles. The molecule has 1 saturated heterocycles. The minimum atomic E-state index is -0.986. The van der Waals surface area contributed by atoms with Gasteiger partial charge in [-0.3, -0.25) is 4.79 Å². The molecule has 2 unspecified atom stereocenters. The Balaban J connectivity index is 1.40. The molecule has 8 nitrogen and oxygen atoms in total. The molecule has 2 aliphatic rings. The molecule has 2 aromatic carbocycles. The van der Waals surface area contributed by atoms with Crippen LogP contribution in [0.5, 0.6) is 0 Å². The highest BCUT2D eigenvalue weighted by atomic mass is 32.1. The van der Waals surface area contributed by atoms with Gasteiger partial charge in [-0.15, -0.1) is 11.3 Å². The lowest BCUT2D eigenvalue weighted by Crippen LogP contribution is -2.40. The van der Waals surface area contributed by atoms with Crippen molar-refractivity contribution < 1.29 is 18.1 Å². The van der Waals surface area contributed by atoms with E-state index in [-0.39, 0.29) is 11.9 Å². The fourth-order valence-corrected chi connectivity index (χ4v) is 7.41. The molecule has 7 rings (SSSR count). The summed E-state index contributed by atoms with van der Waals surface area (Å²) in [5.41, 5.74) is 11.8. The van der Waals surface area contributed by atoms with Gasteiger partial charge in [0.15, 0.2) is 16.8 Å². The summed E-state index contributed by atoms with van der Waals surface area (Å²) in [6.07, 6.45) is 4.04. The summed E-state index contributed by atoms with van der Waals surface area (Å²) in [6, 6.07) is 9.41. The molecule has 2 N–H and O–H groups in total. The molecule has 210 valence electrons. The number of piperidine rings is 1. The average Bonchev–Trinajstić information content (AvgIpc) is 3.62. The van der Waals surface area contributed by atoms with E-state index >= 15 is 0 Å². The monoisotopic (exact) mass is 574 g/mol. The molecular formula is C30H28F2N6O2S. The number of halogens is 2. The highest BCUT2D eigenvalue weighted by Crippen LogP contribution is 2.42. The number of benzene rings is 2. The first-order chi connectivity index (χ1) is 19.8. The average molecular weight is 575 g/mol. The standard InChI is InChI=1S/C30H28F2N6O2S/c1-15-28(16(2)40-36-15)17-6-11-24-23(12-17)34-29(38(24)19-8-10-22-26(14-19)41-30(33)35-22)25-4-3-5-27(39)37(25)18-7-9-20(31)21(32)13-18/h6-7,9,11-13,19,25H,3-5,8,10,14H2,1-2H3,(H2,33,35). The van der Waals surface area contributed by atoms with Crippen molar-refractivity contribution in [3.63, 3.8) is 0 Å². The van der Waals surface area contributed by atoms with Crippen LogP contribution in [0, 0.1) is 25.5 Å². The highest BCUT2D eigenvalue weighted by Gasteiger charge is 2.37. The number of imidazole rings is 1. The van der Waals surface area contributed by atoms with E-state index in [1.165, 1.54) is 17.4 Å². The molecule has 0 bridgehead atoms. The van der Waals surface area contributed by atoms with E-state index in [1.54, 1.807) is 4.90 Å². The van der Waals surface area contributed by atoms with Crippen LogP contribution < -0.4 is 10.6 Å². The van der Waals surface area contributed by atoms with Crippen molar-refractivity contribution in [2.24, 2.45) is 0 Å². The van der Waals surface area contributed by atoms with Gasteiger partial charge in [0.2, 0.25) is 5.91 Å². The Hall–Kier alpha value is -4.12. The van der Waals surface area contributed by atoms with Crippen molar-refractivity contribution in [3.05, 3.63) is 75.9 Å². The summed E-state index contributed by atoms with van der Waals surface area (Å²) in [6.45, 7) is 3.80. The van der Waals surface area contributed by atoms with Gasteiger partial charge >= 0.3 is 0 Å². The number of fused-ring (bicyclic) bond motifs is 2. The molecule has 4 heterocycles. The van der Waals surface area contributed by atoms with Crippen LogP contribution in [0.2, 0.25) is 0 Å². The quantitative estimate of drug-likeness (QED) is 0.259. The van der Waals surface area contributed by atoms with Crippen LogP contribution in [0.4, 0.5) is 19.6 Å². The lowest BCUT2D eigenvalue weighted by molar-refractivity contribution is -0.120. The zero-order valence-corrected chi connectivity index (χ0v) is 23.5. The second kappa shape index (κ2) is 9.76. The predicted octanol–water partition coefficient (Wildman–Crippen LogP) is 6.61.